The predicted molar refractivity (Wildman–Crippen MR) is 75.7 cm³/mol. The fraction of sp³-hybridized carbons (Fsp3) is 0.500. The van der Waals surface area contributed by atoms with E-state index in [1.54, 1.807) is 25.2 Å². The molecule has 0 bridgehead atoms. The van der Waals surface area contributed by atoms with Gasteiger partial charge in [-0.3, -0.25) is 0 Å². The maximum atomic E-state index is 12.6. The minimum Gasteiger partial charge on any atom is -0.337 e. The highest BCUT2D eigenvalue weighted by Crippen LogP contribution is 2.20. The van der Waals surface area contributed by atoms with Crippen LogP contribution in [0.2, 0.25) is 0 Å². The van der Waals surface area contributed by atoms with Crippen LogP contribution in [0.3, 0.4) is 0 Å². The zero-order chi connectivity index (χ0) is 14.8. The summed E-state index contributed by atoms with van der Waals surface area (Å²) in [5, 5.41) is 8.88. The van der Waals surface area contributed by atoms with Gasteiger partial charge in [-0.2, -0.15) is 9.57 Å². The summed E-state index contributed by atoms with van der Waals surface area (Å²) in [5.74, 6) is 0. The zero-order valence-electron chi connectivity index (χ0n) is 11.8. The van der Waals surface area contributed by atoms with Gasteiger partial charge >= 0.3 is 0 Å². The summed E-state index contributed by atoms with van der Waals surface area (Å²) in [6.45, 7) is 1.98. The Labute approximate surface area is 120 Å². The van der Waals surface area contributed by atoms with E-state index in [1.807, 2.05) is 6.07 Å². The van der Waals surface area contributed by atoms with Crippen LogP contribution in [-0.4, -0.2) is 45.9 Å². The first-order valence-corrected chi connectivity index (χ1v) is 8.18. The number of hydrogen-bond acceptors (Lipinski definition) is 3. The summed E-state index contributed by atoms with van der Waals surface area (Å²) in [4.78, 5) is 1.64. The van der Waals surface area contributed by atoms with Crippen LogP contribution >= 0.6 is 0 Å². The summed E-state index contributed by atoms with van der Waals surface area (Å²) >= 11 is 0. The Morgan fingerprint density at radius 2 is 2.00 bits per heavy atom. The van der Waals surface area contributed by atoms with E-state index in [-0.39, 0.29) is 10.9 Å². The van der Waals surface area contributed by atoms with Gasteiger partial charge in [-0.05, 0) is 18.2 Å². The fourth-order valence-corrected chi connectivity index (χ4v) is 4.01. The molecule has 0 aliphatic carbocycles. The molecule has 20 heavy (non-hydrogen) atoms. The third kappa shape index (κ3) is 3.01. The molecular weight excluding hydrogens is 274 g/mol. The maximum Gasteiger partial charge on any atom is 0.243 e. The van der Waals surface area contributed by atoms with Gasteiger partial charge in [0, 0.05) is 25.9 Å². The van der Waals surface area contributed by atoms with Gasteiger partial charge in [-0.15, -0.1) is 0 Å². The molecule has 0 saturated carbocycles. The Morgan fingerprint density at radius 1 is 1.35 bits per heavy atom. The Bertz CT molecular complexity index is 614. The molecule has 0 atom stereocenters. The Hall–Kier alpha value is -1.42. The van der Waals surface area contributed by atoms with Gasteiger partial charge in [0.05, 0.1) is 36.7 Å². The standard InChI is InChI=1S/C14H19N3O2S/c1-16-8-6-13(7-9-16)17(2)20(18,19)14-5-3-4-12(10-14)11-15/h3-5,10,13H,6-9H2,1-2H3/p+1. The van der Waals surface area contributed by atoms with Gasteiger partial charge in [0.15, 0.2) is 0 Å². The third-order valence-electron chi connectivity index (χ3n) is 3.96. The van der Waals surface area contributed by atoms with Crippen LogP contribution in [0.1, 0.15) is 18.4 Å². The molecular formula is C14H20N3O2S+. The fourth-order valence-electron chi connectivity index (χ4n) is 2.55. The number of nitrogens with zero attached hydrogens (tertiary/aromatic N) is 2. The quantitative estimate of drug-likeness (QED) is 0.843. The number of hydrogen-bond donors (Lipinski definition) is 1. The summed E-state index contributed by atoms with van der Waals surface area (Å²) in [6.07, 6.45) is 1.75. The first-order valence-electron chi connectivity index (χ1n) is 6.74. The van der Waals surface area contributed by atoms with Gasteiger partial charge in [-0.1, -0.05) is 6.07 Å². The molecule has 1 aromatic rings. The Kier molecular flexibility index (Phi) is 4.43. The molecule has 0 spiro atoms. The number of likely N-dealkylation sites (tertiary alicyclic amines) is 1. The smallest absolute Gasteiger partial charge is 0.243 e. The van der Waals surface area contributed by atoms with Crippen molar-refractivity contribution in [2.24, 2.45) is 0 Å². The molecule has 2 rings (SSSR count). The predicted octanol–water partition coefficient (Wildman–Crippen LogP) is -0.144. The van der Waals surface area contributed by atoms with Crippen molar-refractivity contribution in [2.45, 2.75) is 23.8 Å². The van der Waals surface area contributed by atoms with Gasteiger partial charge in [0.25, 0.3) is 0 Å². The molecule has 6 heteroatoms. The number of benzene rings is 1. The van der Waals surface area contributed by atoms with E-state index in [4.69, 9.17) is 5.26 Å². The SMILES string of the molecule is CN(C1CC[NH+](C)CC1)S(=O)(=O)c1cccc(C#N)c1. The average Bonchev–Trinajstić information content (AvgIpc) is 2.47. The normalized spacial score (nSPS) is 23.5. The third-order valence-corrected chi connectivity index (χ3v) is 5.87. The highest BCUT2D eigenvalue weighted by Gasteiger charge is 2.31. The molecule has 0 aromatic heterocycles. The lowest BCUT2D eigenvalue weighted by Gasteiger charge is -2.32. The van der Waals surface area contributed by atoms with E-state index in [1.165, 1.54) is 15.3 Å². The molecule has 108 valence electrons. The van der Waals surface area contributed by atoms with Crippen molar-refractivity contribution in [1.29, 1.82) is 5.26 Å². The molecule has 0 amide bonds. The first kappa shape index (κ1) is 15.0. The Morgan fingerprint density at radius 3 is 2.60 bits per heavy atom. The molecule has 1 N–H and O–H groups in total. The summed E-state index contributed by atoms with van der Waals surface area (Å²) in [5.41, 5.74) is 0.368. The minimum atomic E-state index is -3.52. The summed E-state index contributed by atoms with van der Waals surface area (Å²) < 4.78 is 26.6. The van der Waals surface area contributed by atoms with E-state index >= 15 is 0 Å². The van der Waals surface area contributed by atoms with Gasteiger partial charge in [0.1, 0.15) is 0 Å². The molecule has 1 aliphatic heterocycles. The average molecular weight is 294 g/mol. The summed E-state index contributed by atoms with van der Waals surface area (Å²) in [6, 6.07) is 8.23. The Balaban J connectivity index is 2.23. The van der Waals surface area contributed by atoms with Crippen LogP contribution in [0.25, 0.3) is 0 Å². The second kappa shape index (κ2) is 5.92. The van der Waals surface area contributed by atoms with Crippen LogP contribution in [0.15, 0.2) is 29.2 Å². The molecule has 1 saturated heterocycles. The molecule has 0 unspecified atom stereocenters. The number of sulfonamides is 1. The van der Waals surface area contributed by atoms with Crippen molar-refractivity contribution >= 4 is 10.0 Å². The van der Waals surface area contributed by atoms with Crippen LogP contribution in [-0.2, 0) is 10.0 Å². The van der Waals surface area contributed by atoms with E-state index in [9.17, 15) is 8.42 Å². The van der Waals surface area contributed by atoms with Crippen LogP contribution in [0.4, 0.5) is 0 Å². The van der Waals surface area contributed by atoms with Crippen molar-refractivity contribution in [1.82, 2.24) is 4.31 Å². The second-order valence-electron chi connectivity index (χ2n) is 5.35. The van der Waals surface area contributed by atoms with Crippen molar-refractivity contribution in [3.8, 4) is 6.07 Å². The largest absolute Gasteiger partial charge is 0.337 e. The number of rotatable bonds is 3. The van der Waals surface area contributed by atoms with Crippen molar-refractivity contribution < 1.29 is 13.3 Å². The van der Waals surface area contributed by atoms with Gasteiger partial charge in [-0.25, -0.2) is 8.42 Å². The van der Waals surface area contributed by atoms with E-state index in [0.717, 1.165) is 25.9 Å². The molecule has 1 aliphatic rings. The highest BCUT2D eigenvalue weighted by atomic mass is 32.2. The summed E-state index contributed by atoms with van der Waals surface area (Å²) in [7, 11) is 0.249. The van der Waals surface area contributed by atoms with E-state index < -0.39 is 10.0 Å². The lowest BCUT2D eigenvalue weighted by Crippen LogP contribution is -3.10. The second-order valence-corrected chi connectivity index (χ2v) is 7.35. The maximum absolute atomic E-state index is 12.6. The van der Waals surface area contributed by atoms with Crippen LogP contribution < -0.4 is 4.90 Å². The molecule has 1 aromatic carbocycles. The van der Waals surface area contributed by atoms with Crippen LogP contribution in [0.5, 0.6) is 0 Å². The van der Waals surface area contributed by atoms with Crippen molar-refractivity contribution in [3.05, 3.63) is 29.8 Å². The monoisotopic (exact) mass is 294 g/mol. The first-order chi connectivity index (χ1) is 9.45. The zero-order valence-corrected chi connectivity index (χ0v) is 12.7. The lowest BCUT2D eigenvalue weighted by molar-refractivity contribution is -0.885. The minimum absolute atomic E-state index is 0.0504. The number of piperidine rings is 1. The molecule has 5 nitrogen and oxygen atoms in total. The highest BCUT2D eigenvalue weighted by molar-refractivity contribution is 7.89. The topological polar surface area (TPSA) is 65.6 Å². The van der Waals surface area contributed by atoms with Crippen LogP contribution in [0, 0.1) is 11.3 Å². The van der Waals surface area contributed by atoms with E-state index in [2.05, 4.69) is 7.05 Å². The number of nitriles is 1. The molecule has 1 heterocycles. The van der Waals surface area contributed by atoms with E-state index in [0.29, 0.717) is 5.56 Å². The van der Waals surface area contributed by atoms with Gasteiger partial charge < -0.3 is 4.90 Å². The lowest BCUT2D eigenvalue weighted by atomic mass is 10.1. The molecule has 0 radical (unpaired) electrons. The molecule has 1 fully saturated rings. The van der Waals surface area contributed by atoms with Crippen molar-refractivity contribution in [2.75, 3.05) is 27.2 Å². The number of nitrogens with one attached hydrogen (secondary N) is 1. The van der Waals surface area contributed by atoms with Gasteiger partial charge in [0.2, 0.25) is 10.0 Å². The van der Waals surface area contributed by atoms with Crippen molar-refractivity contribution in [3.63, 3.8) is 0 Å². The number of quaternary nitrogens is 1.